The third-order valence-corrected chi connectivity index (χ3v) is 3.36. The SMILES string of the molecule is CCN(CC(C)C(=O)OC)C(=O)c1cccs1. The zero-order valence-corrected chi connectivity index (χ0v) is 11.1. The minimum Gasteiger partial charge on any atom is -0.469 e. The average Bonchev–Trinajstić information content (AvgIpc) is 2.87. The van der Waals surface area contributed by atoms with Gasteiger partial charge in [0.1, 0.15) is 0 Å². The van der Waals surface area contributed by atoms with Crippen LogP contribution in [0.1, 0.15) is 23.5 Å². The van der Waals surface area contributed by atoms with E-state index in [2.05, 4.69) is 4.74 Å². The van der Waals surface area contributed by atoms with Crippen LogP contribution in [0.25, 0.3) is 0 Å². The van der Waals surface area contributed by atoms with Gasteiger partial charge >= 0.3 is 5.97 Å². The second kappa shape index (κ2) is 6.39. The summed E-state index contributed by atoms with van der Waals surface area (Å²) in [6.07, 6.45) is 0. The van der Waals surface area contributed by atoms with Gasteiger partial charge in [-0.2, -0.15) is 0 Å². The molecule has 1 unspecified atom stereocenters. The molecular formula is C12H17NO3S. The summed E-state index contributed by atoms with van der Waals surface area (Å²) >= 11 is 1.41. The number of carbonyl (C=O) groups is 2. The van der Waals surface area contributed by atoms with Crippen molar-refractivity contribution in [1.82, 2.24) is 4.90 Å². The molecule has 0 aromatic carbocycles. The van der Waals surface area contributed by atoms with Gasteiger partial charge in [-0.15, -0.1) is 11.3 Å². The standard InChI is InChI=1S/C12H17NO3S/c1-4-13(8-9(2)12(15)16-3)11(14)10-6-5-7-17-10/h5-7,9H,4,8H2,1-3H3. The molecule has 0 aliphatic heterocycles. The Morgan fingerprint density at radius 1 is 1.53 bits per heavy atom. The van der Waals surface area contributed by atoms with E-state index < -0.39 is 0 Å². The fraction of sp³-hybridized carbons (Fsp3) is 0.500. The number of hydrogen-bond acceptors (Lipinski definition) is 4. The second-order valence-corrected chi connectivity index (χ2v) is 4.69. The van der Waals surface area contributed by atoms with Crippen LogP contribution < -0.4 is 0 Å². The Morgan fingerprint density at radius 3 is 2.71 bits per heavy atom. The number of rotatable bonds is 5. The molecule has 94 valence electrons. The molecule has 0 bridgehead atoms. The zero-order chi connectivity index (χ0) is 12.8. The summed E-state index contributed by atoms with van der Waals surface area (Å²) in [6, 6.07) is 3.63. The summed E-state index contributed by atoms with van der Waals surface area (Å²) in [6.45, 7) is 4.63. The van der Waals surface area contributed by atoms with Crippen LogP contribution in [0.15, 0.2) is 17.5 Å². The molecule has 0 spiro atoms. The monoisotopic (exact) mass is 255 g/mol. The third kappa shape index (κ3) is 3.56. The minimum atomic E-state index is -0.302. The second-order valence-electron chi connectivity index (χ2n) is 3.75. The van der Waals surface area contributed by atoms with Crippen molar-refractivity contribution in [2.24, 2.45) is 5.92 Å². The summed E-state index contributed by atoms with van der Waals surface area (Å²) in [5, 5.41) is 1.87. The molecule has 1 amide bonds. The van der Waals surface area contributed by atoms with Crippen LogP contribution in [0.2, 0.25) is 0 Å². The highest BCUT2D eigenvalue weighted by molar-refractivity contribution is 7.12. The number of carbonyl (C=O) groups excluding carboxylic acids is 2. The van der Waals surface area contributed by atoms with Crippen LogP contribution >= 0.6 is 11.3 Å². The molecule has 1 aromatic heterocycles. The first-order valence-electron chi connectivity index (χ1n) is 5.50. The largest absolute Gasteiger partial charge is 0.469 e. The zero-order valence-electron chi connectivity index (χ0n) is 10.3. The maximum absolute atomic E-state index is 12.1. The van der Waals surface area contributed by atoms with Crippen molar-refractivity contribution in [1.29, 1.82) is 0 Å². The summed E-state index contributed by atoms with van der Waals surface area (Å²) < 4.78 is 4.65. The summed E-state index contributed by atoms with van der Waals surface area (Å²) in [7, 11) is 1.36. The first-order chi connectivity index (χ1) is 8.10. The lowest BCUT2D eigenvalue weighted by Gasteiger charge is -2.22. The van der Waals surface area contributed by atoms with E-state index >= 15 is 0 Å². The first kappa shape index (κ1) is 13.7. The minimum absolute atomic E-state index is 0.0294. The number of thiophene rings is 1. The molecule has 0 saturated carbocycles. The molecule has 1 aromatic rings. The number of amides is 1. The van der Waals surface area contributed by atoms with Crippen LogP contribution in [0.5, 0.6) is 0 Å². The van der Waals surface area contributed by atoms with Crippen LogP contribution in [-0.4, -0.2) is 37.0 Å². The number of hydrogen-bond donors (Lipinski definition) is 0. The van der Waals surface area contributed by atoms with Crippen molar-refractivity contribution in [2.75, 3.05) is 20.2 Å². The highest BCUT2D eigenvalue weighted by Gasteiger charge is 2.21. The summed E-state index contributed by atoms with van der Waals surface area (Å²) in [5.74, 6) is -0.621. The lowest BCUT2D eigenvalue weighted by molar-refractivity contribution is -0.145. The van der Waals surface area contributed by atoms with E-state index in [0.29, 0.717) is 18.0 Å². The molecule has 17 heavy (non-hydrogen) atoms. The molecule has 0 radical (unpaired) electrons. The molecule has 4 nitrogen and oxygen atoms in total. The Hall–Kier alpha value is -1.36. The maximum Gasteiger partial charge on any atom is 0.310 e. The predicted octanol–water partition coefficient (Wildman–Crippen LogP) is 2.02. The van der Waals surface area contributed by atoms with Crippen molar-refractivity contribution < 1.29 is 14.3 Å². The van der Waals surface area contributed by atoms with Crippen LogP contribution in [0.4, 0.5) is 0 Å². The topological polar surface area (TPSA) is 46.6 Å². The third-order valence-electron chi connectivity index (χ3n) is 2.50. The van der Waals surface area contributed by atoms with Crippen molar-refractivity contribution in [3.05, 3.63) is 22.4 Å². The van der Waals surface area contributed by atoms with Gasteiger partial charge in [-0.05, 0) is 18.4 Å². The van der Waals surface area contributed by atoms with E-state index in [1.54, 1.807) is 17.9 Å². The van der Waals surface area contributed by atoms with E-state index in [-0.39, 0.29) is 17.8 Å². The van der Waals surface area contributed by atoms with Gasteiger partial charge in [-0.1, -0.05) is 13.0 Å². The van der Waals surface area contributed by atoms with Gasteiger partial charge in [0.15, 0.2) is 0 Å². The highest BCUT2D eigenvalue weighted by atomic mass is 32.1. The smallest absolute Gasteiger partial charge is 0.310 e. The van der Waals surface area contributed by atoms with E-state index in [1.807, 2.05) is 18.4 Å². The summed E-state index contributed by atoms with van der Waals surface area (Å²) in [5.41, 5.74) is 0. The van der Waals surface area contributed by atoms with Gasteiger partial charge in [0.25, 0.3) is 5.91 Å². The number of ether oxygens (including phenoxy) is 1. The van der Waals surface area contributed by atoms with E-state index in [9.17, 15) is 9.59 Å². The molecule has 0 N–H and O–H groups in total. The van der Waals surface area contributed by atoms with E-state index in [1.165, 1.54) is 18.4 Å². The van der Waals surface area contributed by atoms with Gasteiger partial charge < -0.3 is 9.64 Å². The van der Waals surface area contributed by atoms with Crippen molar-refractivity contribution >= 4 is 23.2 Å². The number of nitrogens with zero attached hydrogens (tertiary/aromatic N) is 1. The molecular weight excluding hydrogens is 238 g/mol. The quantitative estimate of drug-likeness (QED) is 0.756. The molecule has 5 heteroatoms. The maximum atomic E-state index is 12.1. The molecule has 1 rings (SSSR count). The average molecular weight is 255 g/mol. The molecule has 0 saturated heterocycles. The fourth-order valence-electron chi connectivity index (χ4n) is 1.52. The Labute approximate surface area is 105 Å². The van der Waals surface area contributed by atoms with Gasteiger partial charge in [0.2, 0.25) is 0 Å². The fourth-order valence-corrected chi connectivity index (χ4v) is 2.21. The molecule has 0 aliphatic carbocycles. The predicted molar refractivity (Wildman–Crippen MR) is 67.1 cm³/mol. The van der Waals surface area contributed by atoms with Gasteiger partial charge in [0.05, 0.1) is 17.9 Å². The van der Waals surface area contributed by atoms with Crippen molar-refractivity contribution in [3.8, 4) is 0 Å². The van der Waals surface area contributed by atoms with E-state index in [4.69, 9.17) is 0 Å². The van der Waals surface area contributed by atoms with Crippen LogP contribution in [-0.2, 0) is 9.53 Å². The Kier molecular flexibility index (Phi) is 5.15. The molecule has 1 atom stereocenters. The Bertz CT molecular complexity index is 375. The van der Waals surface area contributed by atoms with E-state index in [0.717, 1.165) is 0 Å². The van der Waals surface area contributed by atoms with Crippen molar-refractivity contribution in [2.45, 2.75) is 13.8 Å². The van der Waals surface area contributed by atoms with Crippen LogP contribution in [0.3, 0.4) is 0 Å². The van der Waals surface area contributed by atoms with Gasteiger partial charge in [-0.3, -0.25) is 9.59 Å². The lowest BCUT2D eigenvalue weighted by atomic mass is 10.1. The highest BCUT2D eigenvalue weighted by Crippen LogP contribution is 2.13. The van der Waals surface area contributed by atoms with Gasteiger partial charge in [-0.25, -0.2) is 0 Å². The molecule has 1 heterocycles. The Morgan fingerprint density at radius 2 is 2.24 bits per heavy atom. The number of methoxy groups -OCH3 is 1. The summed E-state index contributed by atoms with van der Waals surface area (Å²) in [4.78, 5) is 25.7. The van der Waals surface area contributed by atoms with Gasteiger partial charge in [0, 0.05) is 13.1 Å². The van der Waals surface area contributed by atoms with Crippen LogP contribution in [0, 0.1) is 5.92 Å². The molecule has 0 fully saturated rings. The number of esters is 1. The Balaban J connectivity index is 2.66. The first-order valence-corrected chi connectivity index (χ1v) is 6.38. The normalized spacial score (nSPS) is 11.9. The lowest BCUT2D eigenvalue weighted by Crippen LogP contribution is -2.36. The van der Waals surface area contributed by atoms with Crippen molar-refractivity contribution in [3.63, 3.8) is 0 Å². The molecule has 0 aliphatic rings.